The van der Waals surface area contributed by atoms with Crippen LogP contribution in [0.5, 0.6) is 0 Å². The normalized spacial score (nSPS) is 24.6. The van der Waals surface area contributed by atoms with Crippen LogP contribution in [0.25, 0.3) is 0 Å². The van der Waals surface area contributed by atoms with Gasteiger partial charge in [0, 0.05) is 12.0 Å². The summed E-state index contributed by atoms with van der Waals surface area (Å²) in [4.78, 5) is 11.6. The van der Waals surface area contributed by atoms with Gasteiger partial charge in [-0.25, -0.2) is 0 Å². The molecule has 1 heterocycles. The van der Waals surface area contributed by atoms with Gasteiger partial charge >= 0.3 is 0 Å². The van der Waals surface area contributed by atoms with E-state index >= 15 is 0 Å². The van der Waals surface area contributed by atoms with Crippen molar-refractivity contribution >= 4 is 11.4 Å². The second-order valence-electron chi connectivity index (χ2n) is 8.24. The van der Waals surface area contributed by atoms with Crippen molar-refractivity contribution in [3.05, 3.63) is 102 Å². The molecule has 3 aromatic carbocycles. The van der Waals surface area contributed by atoms with Gasteiger partial charge in [-0.3, -0.25) is 4.99 Å². The third-order valence-corrected chi connectivity index (χ3v) is 6.67. The maximum Gasteiger partial charge on any atom is 0.135 e. The van der Waals surface area contributed by atoms with Crippen molar-refractivity contribution in [2.45, 2.75) is 37.3 Å². The van der Waals surface area contributed by atoms with E-state index in [0.29, 0.717) is 12.0 Å². The minimum atomic E-state index is -0.535. The average Bonchev–Trinajstić information content (AvgIpc) is 3.11. The van der Waals surface area contributed by atoms with E-state index in [9.17, 15) is 0 Å². The predicted octanol–water partition coefficient (Wildman–Crippen LogP) is 6.14. The van der Waals surface area contributed by atoms with Crippen molar-refractivity contribution in [1.29, 1.82) is 0 Å². The van der Waals surface area contributed by atoms with E-state index in [1.165, 1.54) is 29.7 Å². The maximum atomic E-state index is 6.23. The highest BCUT2D eigenvalue weighted by molar-refractivity contribution is 6.03. The zero-order valence-corrected chi connectivity index (χ0v) is 17.4. The van der Waals surface area contributed by atoms with E-state index in [4.69, 9.17) is 9.83 Å². The van der Waals surface area contributed by atoms with Gasteiger partial charge in [-0.1, -0.05) is 91.7 Å². The zero-order valence-electron chi connectivity index (χ0n) is 17.4. The summed E-state index contributed by atoms with van der Waals surface area (Å²) in [5.41, 5.74) is 4.10. The lowest BCUT2D eigenvalue weighted by Crippen LogP contribution is -2.48. The lowest BCUT2D eigenvalue weighted by atomic mass is 9.75. The van der Waals surface area contributed by atoms with E-state index in [1.54, 1.807) is 0 Å². The Morgan fingerprint density at radius 3 is 1.87 bits per heavy atom. The molecule has 2 aliphatic rings. The molecule has 30 heavy (non-hydrogen) atoms. The Morgan fingerprint density at radius 1 is 0.767 bits per heavy atom. The average molecular weight is 397 g/mol. The predicted molar refractivity (Wildman–Crippen MR) is 122 cm³/mol. The summed E-state index contributed by atoms with van der Waals surface area (Å²) >= 11 is 0. The van der Waals surface area contributed by atoms with Crippen molar-refractivity contribution < 1.29 is 4.84 Å². The van der Waals surface area contributed by atoms with Crippen LogP contribution in [0.4, 0.5) is 5.69 Å². The number of aliphatic imine (C=N–C) groups is 1. The summed E-state index contributed by atoms with van der Waals surface area (Å²) < 4.78 is 0. The van der Waals surface area contributed by atoms with Crippen molar-refractivity contribution in [2.24, 2.45) is 10.9 Å². The highest BCUT2D eigenvalue weighted by atomic mass is 16.7. The number of hydroxylamine groups is 2. The molecule has 0 N–H and O–H groups in total. The number of para-hydroxylation sites is 1. The third-order valence-electron chi connectivity index (χ3n) is 6.67. The molecule has 1 saturated carbocycles. The van der Waals surface area contributed by atoms with Gasteiger partial charge in [0.05, 0.1) is 18.5 Å². The van der Waals surface area contributed by atoms with Crippen LogP contribution >= 0.6 is 0 Å². The zero-order chi connectivity index (χ0) is 20.4. The van der Waals surface area contributed by atoms with Crippen molar-refractivity contribution in [2.75, 3.05) is 7.11 Å². The Kier molecular flexibility index (Phi) is 5.24. The molecular weight excluding hydrogens is 368 g/mol. The van der Waals surface area contributed by atoms with Gasteiger partial charge in [-0.15, -0.1) is 0 Å². The van der Waals surface area contributed by atoms with Gasteiger partial charge in [-0.05, 0) is 36.1 Å². The highest BCUT2D eigenvalue weighted by Gasteiger charge is 2.59. The first-order valence-electron chi connectivity index (χ1n) is 10.9. The molecule has 152 valence electrons. The summed E-state index contributed by atoms with van der Waals surface area (Å²) in [5, 5.41) is 2.25. The monoisotopic (exact) mass is 396 g/mol. The first kappa shape index (κ1) is 19.2. The van der Waals surface area contributed by atoms with Crippen LogP contribution in [0.15, 0.2) is 96.0 Å². The Morgan fingerprint density at radius 2 is 1.30 bits per heavy atom. The van der Waals surface area contributed by atoms with Gasteiger partial charge in [0.25, 0.3) is 0 Å². The van der Waals surface area contributed by atoms with Crippen LogP contribution in [-0.4, -0.2) is 23.9 Å². The summed E-state index contributed by atoms with van der Waals surface area (Å²) in [6.07, 6.45) is 4.76. The molecule has 0 amide bonds. The number of fused-ring (bicyclic) bond motifs is 1. The molecule has 3 nitrogen and oxygen atoms in total. The molecule has 0 bridgehead atoms. The molecule has 3 heteroatoms. The summed E-state index contributed by atoms with van der Waals surface area (Å²) in [5.74, 6) is 0.374. The Labute approximate surface area is 179 Å². The quantitative estimate of drug-likeness (QED) is 0.529. The fourth-order valence-corrected chi connectivity index (χ4v) is 5.49. The molecule has 3 aromatic rings. The fourth-order valence-electron chi connectivity index (χ4n) is 5.49. The SMILES string of the molecule is CON1C2CCCCC2C(=Nc2ccccc2)C1(c1ccccc1)c1ccccc1. The molecule has 1 saturated heterocycles. The lowest BCUT2D eigenvalue weighted by Gasteiger charge is -2.40. The Balaban J connectivity index is 1.83. The van der Waals surface area contributed by atoms with Gasteiger partial charge in [0.15, 0.2) is 0 Å². The highest BCUT2D eigenvalue weighted by Crippen LogP contribution is 2.52. The van der Waals surface area contributed by atoms with Gasteiger partial charge in [0.2, 0.25) is 0 Å². The number of hydrogen-bond donors (Lipinski definition) is 0. The lowest BCUT2D eigenvalue weighted by molar-refractivity contribution is -0.196. The summed E-state index contributed by atoms with van der Waals surface area (Å²) in [7, 11) is 1.82. The molecular formula is C27H28N2O. The van der Waals surface area contributed by atoms with E-state index in [2.05, 4.69) is 90.0 Å². The van der Waals surface area contributed by atoms with Gasteiger partial charge in [0.1, 0.15) is 5.54 Å². The van der Waals surface area contributed by atoms with Crippen LogP contribution in [0, 0.1) is 5.92 Å². The number of hydrogen-bond acceptors (Lipinski definition) is 3. The molecule has 1 aliphatic carbocycles. The molecule has 1 aliphatic heterocycles. The summed E-state index contributed by atoms with van der Waals surface area (Å²) in [6.45, 7) is 0. The van der Waals surface area contributed by atoms with Gasteiger partial charge in [-0.2, -0.15) is 5.06 Å². The van der Waals surface area contributed by atoms with E-state index in [0.717, 1.165) is 18.5 Å². The minimum absolute atomic E-state index is 0.326. The van der Waals surface area contributed by atoms with E-state index in [-0.39, 0.29) is 0 Å². The first-order valence-corrected chi connectivity index (χ1v) is 10.9. The first-order chi connectivity index (χ1) is 14.9. The fraction of sp³-hybridized carbons (Fsp3) is 0.296. The Hall–Kier alpha value is -2.75. The second-order valence-corrected chi connectivity index (χ2v) is 8.24. The van der Waals surface area contributed by atoms with Crippen molar-refractivity contribution in [1.82, 2.24) is 5.06 Å². The molecule has 2 fully saturated rings. The number of benzene rings is 3. The smallest absolute Gasteiger partial charge is 0.135 e. The minimum Gasteiger partial charge on any atom is -0.300 e. The largest absolute Gasteiger partial charge is 0.300 e. The maximum absolute atomic E-state index is 6.23. The molecule has 5 rings (SSSR count). The second kappa shape index (κ2) is 8.17. The van der Waals surface area contributed by atoms with Gasteiger partial charge < -0.3 is 4.84 Å². The van der Waals surface area contributed by atoms with Crippen molar-refractivity contribution in [3.8, 4) is 0 Å². The molecule has 0 aromatic heterocycles. The molecule has 2 atom stereocenters. The van der Waals surface area contributed by atoms with Crippen molar-refractivity contribution in [3.63, 3.8) is 0 Å². The number of nitrogens with zero attached hydrogens (tertiary/aromatic N) is 2. The van der Waals surface area contributed by atoms with E-state index in [1.807, 2.05) is 13.2 Å². The standard InChI is InChI=1S/C27H28N2O/c1-30-29-25-20-12-11-19-24(25)26(28-23-17-9-4-10-18-23)27(29,21-13-5-2-6-14-21)22-15-7-3-8-16-22/h2-10,13-18,24-25H,11-12,19-20H2,1H3. The molecule has 0 radical (unpaired) electrons. The van der Waals surface area contributed by atoms with Crippen LogP contribution in [-0.2, 0) is 10.4 Å². The van der Waals surface area contributed by atoms with Crippen LogP contribution in [0.3, 0.4) is 0 Å². The van der Waals surface area contributed by atoms with Crippen LogP contribution in [0.1, 0.15) is 36.8 Å². The third kappa shape index (κ3) is 3.01. The van der Waals surface area contributed by atoms with Crippen LogP contribution in [0.2, 0.25) is 0 Å². The molecule has 0 spiro atoms. The molecule has 2 unspecified atom stereocenters. The van der Waals surface area contributed by atoms with Crippen LogP contribution < -0.4 is 0 Å². The topological polar surface area (TPSA) is 24.8 Å². The number of rotatable bonds is 4. The van der Waals surface area contributed by atoms with E-state index < -0.39 is 5.54 Å². The summed E-state index contributed by atoms with van der Waals surface area (Å²) in [6, 6.07) is 32.2. The Bertz CT molecular complexity index is 961.